The van der Waals surface area contributed by atoms with E-state index in [-0.39, 0.29) is 5.56 Å². The maximum absolute atomic E-state index is 13.9. The maximum Gasteiger partial charge on any atom is 0.198 e. The van der Waals surface area contributed by atoms with Gasteiger partial charge >= 0.3 is 0 Å². The lowest BCUT2D eigenvalue weighted by atomic mass is 10.0. The van der Waals surface area contributed by atoms with Crippen LogP contribution in [0.25, 0.3) is 11.0 Å². The third-order valence-electron chi connectivity index (χ3n) is 2.94. The van der Waals surface area contributed by atoms with Crippen LogP contribution in [0.3, 0.4) is 0 Å². The van der Waals surface area contributed by atoms with E-state index in [0.717, 1.165) is 0 Å². The molecule has 0 atom stereocenters. The van der Waals surface area contributed by atoms with Crippen molar-refractivity contribution < 1.29 is 9.18 Å². The largest absolute Gasteiger partial charge is 0.345 e. The molecule has 1 aromatic carbocycles. The molecule has 0 bridgehead atoms. The molecule has 1 N–H and O–H groups in total. The molecule has 3 nitrogen and oxygen atoms in total. The fraction of sp³-hybridized carbons (Fsp3) is 0. The number of aromatic amines is 1. The Hall–Kier alpha value is -1.72. The number of carbonyl (C=O) groups excluding carboxylic acids is 1. The lowest BCUT2D eigenvalue weighted by Crippen LogP contribution is -2.03. The summed E-state index contributed by atoms with van der Waals surface area (Å²) in [5.41, 5.74) is 0.798. The Morgan fingerprint density at radius 1 is 1.30 bits per heavy atom. The van der Waals surface area contributed by atoms with Crippen molar-refractivity contribution in [1.29, 1.82) is 0 Å². The average molecular weight is 354 g/mol. The molecule has 0 saturated heterocycles. The van der Waals surface area contributed by atoms with E-state index in [1.54, 1.807) is 12.1 Å². The van der Waals surface area contributed by atoms with Crippen LogP contribution in [0.4, 0.5) is 4.39 Å². The minimum atomic E-state index is -0.585. The molecule has 0 radical (unpaired) electrons. The molecule has 20 heavy (non-hydrogen) atoms. The smallest absolute Gasteiger partial charge is 0.198 e. The number of halogens is 3. The van der Waals surface area contributed by atoms with Crippen molar-refractivity contribution in [3.63, 3.8) is 0 Å². The van der Waals surface area contributed by atoms with Crippen molar-refractivity contribution in [1.82, 2.24) is 9.97 Å². The normalized spacial score (nSPS) is 10.9. The number of carbonyl (C=O) groups is 1. The molecule has 3 rings (SSSR count). The first-order chi connectivity index (χ1) is 9.58. The number of benzene rings is 1. The highest BCUT2D eigenvalue weighted by atomic mass is 79.9. The summed E-state index contributed by atoms with van der Waals surface area (Å²) >= 11 is 9.24. The van der Waals surface area contributed by atoms with Crippen LogP contribution in [0.2, 0.25) is 5.02 Å². The van der Waals surface area contributed by atoms with Crippen molar-refractivity contribution >= 4 is 44.3 Å². The highest BCUT2D eigenvalue weighted by Crippen LogP contribution is 2.27. The molecule has 0 saturated carbocycles. The van der Waals surface area contributed by atoms with E-state index in [1.165, 1.54) is 24.5 Å². The maximum atomic E-state index is 13.9. The number of nitrogens with zero attached hydrogens (tertiary/aromatic N) is 1. The molecule has 0 spiro atoms. The Bertz CT molecular complexity index is 831. The SMILES string of the molecule is O=C(c1ccc(Br)cc1F)c1c[nH]c2nccc(Cl)c12. The lowest BCUT2D eigenvalue weighted by Gasteiger charge is -2.03. The van der Waals surface area contributed by atoms with Gasteiger partial charge in [0, 0.05) is 22.3 Å². The molecular formula is C14H7BrClFN2O. The van der Waals surface area contributed by atoms with E-state index in [9.17, 15) is 9.18 Å². The molecule has 0 aliphatic rings. The second-order valence-corrected chi connectivity index (χ2v) is 5.49. The van der Waals surface area contributed by atoms with E-state index in [4.69, 9.17) is 11.6 Å². The van der Waals surface area contributed by atoms with Gasteiger partial charge in [-0.3, -0.25) is 4.79 Å². The van der Waals surface area contributed by atoms with E-state index in [1.807, 2.05) is 0 Å². The predicted molar refractivity (Wildman–Crippen MR) is 78.6 cm³/mol. The minimum absolute atomic E-state index is 0.00554. The zero-order chi connectivity index (χ0) is 14.3. The Balaban J connectivity index is 2.18. The molecule has 2 heterocycles. The minimum Gasteiger partial charge on any atom is -0.345 e. The number of hydrogen-bond donors (Lipinski definition) is 1. The van der Waals surface area contributed by atoms with Gasteiger partial charge in [-0.2, -0.15) is 0 Å². The number of H-pyrrole nitrogens is 1. The summed E-state index contributed by atoms with van der Waals surface area (Å²) in [6, 6.07) is 5.89. The number of rotatable bonds is 2. The molecule has 0 aliphatic carbocycles. The second kappa shape index (κ2) is 5.00. The van der Waals surface area contributed by atoms with Gasteiger partial charge in [0.05, 0.1) is 16.1 Å². The predicted octanol–water partition coefficient (Wildman–Crippen LogP) is 4.35. The van der Waals surface area contributed by atoms with Crippen molar-refractivity contribution in [2.45, 2.75) is 0 Å². The average Bonchev–Trinajstić information content (AvgIpc) is 2.83. The highest BCUT2D eigenvalue weighted by Gasteiger charge is 2.19. The number of aromatic nitrogens is 2. The molecule has 0 unspecified atom stereocenters. The highest BCUT2D eigenvalue weighted by molar-refractivity contribution is 9.10. The van der Waals surface area contributed by atoms with Crippen molar-refractivity contribution in [3.05, 3.63) is 63.1 Å². The summed E-state index contributed by atoms with van der Waals surface area (Å²) in [5.74, 6) is -1.02. The molecule has 0 amide bonds. The molecule has 2 aromatic heterocycles. The zero-order valence-electron chi connectivity index (χ0n) is 9.95. The van der Waals surface area contributed by atoms with Crippen molar-refractivity contribution in [3.8, 4) is 0 Å². The number of nitrogens with one attached hydrogen (secondary N) is 1. The Labute approximate surface area is 126 Å². The van der Waals surface area contributed by atoms with Crippen molar-refractivity contribution in [2.24, 2.45) is 0 Å². The topological polar surface area (TPSA) is 45.8 Å². The summed E-state index contributed by atoms with van der Waals surface area (Å²) in [6.45, 7) is 0. The van der Waals surface area contributed by atoms with E-state index in [0.29, 0.717) is 26.1 Å². The molecule has 6 heteroatoms. The van der Waals surface area contributed by atoms with Gasteiger partial charge in [0.15, 0.2) is 5.78 Å². The summed E-state index contributed by atoms with van der Waals surface area (Å²) in [6.07, 6.45) is 3.03. The monoisotopic (exact) mass is 352 g/mol. The fourth-order valence-corrected chi connectivity index (χ4v) is 2.60. The standard InChI is InChI=1S/C14H7BrClFN2O/c15-7-1-2-8(11(17)5-7)13(20)9-6-19-14-12(9)10(16)3-4-18-14/h1-6H,(H,18,19). The molecule has 0 fully saturated rings. The first-order valence-corrected chi connectivity index (χ1v) is 6.86. The zero-order valence-corrected chi connectivity index (χ0v) is 12.3. The van der Waals surface area contributed by atoms with Gasteiger partial charge in [0.25, 0.3) is 0 Å². The van der Waals surface area contributed by atoms with Crippen LogP contribution in [-0.2, 0) is 0 Å². The fourth-order valence-electron chi connectivity index (χ4n) is 2.01. The Morgan fingerprint density at radius 2 is 2.10 bits per heavy atom. The van der Waals surface area contributed by atoms with Gasteiger partial charge in [-0.15, -0.1) is 0 Å². The van der Waals surface area contributed by atoms with Gasteiger partial charge in [0.2, 0.25) is 0 Å². The number of fused-ring (bicyclic) bond motifs is 1. The van der Waals surface area contributed by atoms with Crippen LogP contribution in [0, 0.1) is 5.82 Å². The first kappa shape index (κ1) is 13.3. The van der Waals surface area contributed by atoms with Crippen LogP contribution >= 0.6 is 27.5 Å². The van der Waals surface area contributed by atoms with Crippen molar-refractivity contribution in [2.75, 3.05) is 0 Å². The molecule has 0 aliphatic heterocycles. The lowest BCUT2D eigenvalue weighted by molar-refractivity contribution is 0.103. The van der Waals surface area contributed by atoms with Crippen LogP contribution in [-0.4, -0.2) is 15.8 Å². The van der Waals surface area contributed by atoms with E-state index in [2.05, 4.69) is 25.9 Å². The quantitative estimate of drug-likeness (QED) is 0.696. The third kappa shape index (κ3) is 2.13. The summed E-state index contributed by atoms with van der Waals surface area (Å²) < 4.78 is 14.5. The van der Waals surface area contributed by atoms with Crippen LogP contribution in [0.15, 0.2) is 41.1 Å². The van der Waals surface area contributed by atoms with Gasteiger partial charge in [-0.05, 0) is 24.3 Å². The van der Waals surface area contributed by atoms with Crippen LogP contribution < -0.4 is 0 Å². The molecule has 3 aromatic rings. The second-order valence-electron chi connectivity index (χ2n) is 4.17. The summed E-state index contributed by atoms with van der Waals surface area (Å²) in [4.78, 5) is 19.4. The van der Waals surface area contributed by atoms with Crippen LogP contribution in [0.1, 0.15) is 15.9 Å². The van der Waals surface area contributed by atoms with E-state index >= 15 is 0 Å². The third-order valence-corrected chi connectivity index (χ3v) is 3.75. The molecular weight excluding hydrogens is 347 g/mol. The Kier molecular flexibility index (Phi) is 3.31. The summed E-state index contributed by atoms with van der Waals surface area (Å²) in [7, 11) is 0. The summed E-state index contributed by atoms with van der Waals surface area (Å²) in [5, 5.41) is 0.901. The van der Waals surface area contributed by atoms with E-state index < -0.39 is 11.6 Å². The van der Waals surface area contributed by atoms with Crippen LogP contribution in [0.5, 0.6) is 0 Å². The number of hydrogen-bond acceptors (Lipinski definition) is 2. The van der Waals surface area contributed by atoms with Gasteiger partial charge in [0.1, 0.15) is 11.5 Å². The molecule has 100 valence electrons. The number of ketones is 1. The van der Waals surface area contributed by atoms with Gasteiger partial charge in [-0.1, -0.05) is 27.5 Å². The first-order valence-electron chi connectivity index (χ1n) is 5.69. The van der Waals surface area contributed by atoms with Gasteiger partial charge < -0.3 is 4.98 Å². The Morgan fingerprint density at radius 3 is 2.85 bits per heavy atom. The number of pyridine rings is 1. The van der Waals surface area contributed by atoms with Gasteiger partial charge in [-0.25, -0.2) is 9.37 Å².